The lowest BCUT2D eigenvalue weighted by Gasteiger charge is -2.32. The number of rotatable bonds is 13. The highest BCUT2D eigenvalue weighted by Crippen LogP contribution is 2.37. The fourth-order valence-electron chi connectivity index (χ4n) is 10.1. The summed E-state index contributed by atoms with van der Waals surface area (Å²) < 4.78 is 0. The summed E-state index contributed by atoms with van der Waals surface area (Å²) >= 11 is 0. The van der Waals surface area contributed by atoms with E-state index in [4.69, 9.17) is 0 Å². The molecule has 1 nitrogen and oxygen atoms in total. The molecule has 5 aliphatic rings. The number of hydrogen-bond donors (Lipinski definition) is 1. The van der Waals surface area contributed by atoms with E-state index in [1.807, 2.05) is 6.08 Å². The number of benzene rings is 3. The zero-order valence-corrected chi connectivity index (χ0v) is 35.8. The summed E-state index contributed by atoms with van der Waals surface area (Å²) in [5.41, 5.74) is 15.1. The summed E-state index contributed by atoms with van der Waals surface area (Å²) in [5, 5.41) is 9.46. The van der Waals surface area contributed by atoms with E-state index in [0.29, 0.717) is 17.9 Å². The van der Waals surface area contributed by atoms with E-state index in [1.165, 1.54) is 115 Å². The van der Waals surface area contributed by atoms with E-state index >= 15 is 0 Å². The number of unbranched alkanes of at least 4 members (excludes halogenated alkanes) is 2. The third-order valence-corrected chi connectivity index (χ3v) is 13.3. The molecule has 300 valence electrons. The van der Waals surface area contributed by atoms with Crippen LogP contribution < -0.4 is 15.8 Å². The van der Waals surface area contributed by atoms with Crippen molar-refractivity contribution in [3.63, 3.8) is 0 Å². The standard InChI is InChI=1S/C58H63N/c1-5-7-9-18-43(6-2)47-29-30-48(38-41(3)37-47)53-34-33-51(55-23-14-15-25-57(53)55)42(4)27-28-49(40-59-50-32-31-44-19-12-13-22-46(44)39-50)54-36-35-52(45-20-10-8-11-21-45)56-24-16-17-26-58(54)56/h6,8,10,13-18,20,22-32,35-37,44,46,50,59H,2,5,7,9,11-12,19,21,33-34,38-40H2,1,3-4H3/b42-27+,43-18+,49-28+. The zero-order chi connectivity index (χ0) is 40.6. The van der Waals surface area contributed by atoms with E-state index in [0.717, 1.165) is 45.1 Å². The van der Waals surface area contributed by atoms with E-state index < -0.39 is 0 Å². The molecule has 5 aliphatic carbocycles. The molecule has 0 saturated carbocycles. The minimum Gasteiger partial charge on any atom is -0.306 e. The average molecular weight is 774 g/mol. The fourth-order valence-corrected chi connectivity index (χ4v) is 10.1. The summed E-state index contributed by atoms with van der Waals surface area (Å²) in [7, 11) is 0. The van der Waals surface area contributed by atoms with Gasteiger partial charge in [-0.2, -0.15) is 0 Å². The number of fused-ring (bicyclic) bond motifs is 3. The van der Waals surface area contributed by atoms with Crippen LogP contribution in [0.5, 0.6) is 0 Å². The first kappa shape index (κ1) is 40.5. The summed E-state index contributed by atoms with van der Waals surface area (Å²) in [6.07, 6.45) is 45.4. The lowest BCUT2D eigenvalue weighted by atomic mass is 9.76. The van der Waals surface area contributed by atoms with Gasteiger partial charge in [0, 0.05) is 12.6 Å². The first-order valence-electron chi connectivity index (χ1n) is 22.6. The minimum absolute atomic E-state index is 0.369. The van der Waals surface area contributed by atoms with Crippen LogP contribution in [-0.2, 0) is 0 Å². The summed E-state index contributed by atoms with van der Waals surface area (Å²) in [6, 6.07) is 23.3. The molecule has 0 heterocycles. The van der Waals surface area contributed by atoms with Crippen LogP contribution in [0.1, 0.15) is 103 Å². The maximum Gasteiger partial charge on any atom is 0.0259 e. The predicted octanol–water partition coefficient (Wildman–Crippen LogP) is 13.7. The van der Waals surface area contributed by atoms with Crippen molar-refractivity contribution in [3.8, 4) is 0 Å². The van der Waals surface area contributed by atoms with Crippen LogP contribution >= 0.6 is 0 Å². The maximum absolute atomic E-state index is 4.17. The van der Waals surface area contributed by atoms with Gasteiger partial charge in [0.25, 0.3) is 0 Å². The molecular formula is C58H63N. The van der Waals surface area contributed by atoms with Crippen molar-refractivity contribution in [2.45, 2.75) is 97.4 Å². The highest BCUT2D eigenvalue weighted by molar-refractivity contribution is 6.01. The van der Waals surface area contributed by atoms with Gasteiger partial charge >= 0.3 is 0 Å². The Kier molecular flexibility index (Phi) is 13.2. The highest BCUT2D eigenvalue weighted by atomic mass is 14.9. The maximum atomic E-state index is 4.17. The molecule has 8 rings (SSSR count). The van der Waals surface area contributed by atoms with E-state index in [1.54, 1.807) is 0 Å². The Hall–Kier alpha value is -5.24. The molecular weight excluding hydrogens is 711 g/mol. The normalized spacial score (nSPS) is 22.3. The molecule has 0 aliphatic heterocycles. The first-order valence-corrected chi connectivity index (χ1v) is 22.6. The van der Waals surface area contributed by atoms with Crippen LogP contribution in [0, 0.1) is 11.8 Å². The van der Waals surface area contributed by atoms with Gasteiger partial charge in [0.1, 0.15) is 0 Å². The quantitative estimate of drug-likeness (QED) is 0.104. The lowest BCUT2D eigenvalue weighted by Crippen LogP contribution is -2.35. The van der Waals surface area contributed by atoms with Crippen molar-refractivity contribution in [2.75, 3.05) is 6.54 Å². The third kappa shape index (κ3) is 9.32. The molecule has 0 spiro atoms. The topological polar surface area (TPSA) is 12.0 Å². The van der Waals surface area contributed by atoms with Gasteiger partial charge < -0.3 is 5.32 Å². The molecule has 0 amide bonds. The molecule has 0 radical (unpaired) electrons. The SMILES string of the molecule is C=C/C(=C\CCCC)C1=CC=C(C2=c3ccccc3=C(/C(C)=C/C=C(\CNC3C=CC4CCC=CC4C3)c3ccc(C4=CC=CCC4)c4ccccc34)CC2)CC(C)=C1. The monoisotopic (exact) mass is 773 g/mol. The third-order valence-electron chi connectivity index (χ3n) is 13.3. The first-order chi connectivity index (χ1) is 29.0. The van der Waals surface area contributed by atoms with E-state index in [-0.39, 0.29) is 0 Å². The second kappa shape index (κ2) is 19.2. The number of hydrogen-bond acceptors (Lipinski definition) is 1. The molecule has 0 saturated heterocycles. The van der Waals surface area contributed by atoms with Gasteiger partial charge in [-0.15, -0.1) is 0 Å². The highest BCUT2D eigenvalue weighted by Gasteiger charge is 2.26. The van der Waals surface area contributed by atoms with Crippen molar-refractivity contribution in [1.82, 2.24) is 5.32 Å². The lowest BCUT2D eigenvalue weighted by molar-refractivity contribution is 0.354. The van der Waals surface area contributed by atoms with Crippen molar-refractivity contribution < 1.29 is 0 Å². The van der Waals surface area contributed by atoms with Gasteiger partial charge in [0.15, 0.2) is 0 Å². The van der Waals surface area contributed by atoms with Gasteiger partial charge in [-0.05, 0) is 160 Å². The minimum atomic E-state index is 0.369. The Morgan fingerprint density at radius 3 is 2.49 bits per heavy atom. The van der Waals surface area contributed by atoms with Crippen LogP contribution in [0.2, 0.25) is 0 Å². The van der Waals surface area contributed by atoms with Gasteiger partial charge in [-0.25, -0.2) is 0 Å². The summed E-state index contributed by atoms with van der Waals surface area (Å²) in [6.45, 7) is 11.9. The van der Waals surface area contributed by atoms with Crippen LogP contribution in [-0.4, -0.2) is 12.6 Å². The van der Waals surface area contributed by atoms with Crippen LogP contribution in [0.3, 0.4) is 0 Å². The van der Waals surface area contributed by atoms with Gasteiger partial charge in [0.2, 0.25) is 0 Å². The Labute approximate surface area is 354 Å². The summed E-state index contributed by atoms with van der Waals surface area (Å²) in [4.78, 5) is 0. The molecule has 3 atom stereocenters. The Morgan fingerprint density at radius 2 is 1.66 bits per heavy atom. The van der Waals surface area contributed by atoms with Gasteiger partial charge in [-0.1, -0.05) is 178 Å². The van der Waals surface area contributed by atoms with Crippen LogP contribution in [0.15, 0.2) is 180 Å². The molecule has 3 unspecified atom stereocenters. The Bertz CT molecular complexity index is 2530. The van der Waals surface area contributed by atoms with E-state index in [2.05, 4.69) is 172 Å². The van der Waals surface area contributed by atoms with Crippen molar-refractivity contribution >= 4 is 33.1 Å². The van der Waals surface area contributed by atoms with Gasteiger partial charge in [-0.3, -0.25) is 0 Å². The predicted molar refractivity (Wildman–Crippen MR) is 257 cm³/mol. The van der Waals surface area contributed by atoms with Crippen molar-refractivity contribution in [2.24, 2.45) is 11.8 Å². The smallest absolute Gasteiger partial charge is 0.0259 e. The average Bonchev–Trinajstić information content (AvgIpc) is 3.48. The molecule has 3 aromatic rings. The van der Waals surface area contributed by atoms with Gasteiger partial charge in [0.05, 0.1) is 0 Å². The molecule has 59 heavy (non-hydrogen) atoms. The zero-order valence-electron chi connectivity index (χ0n) is 35.8. The van der Waals surface area contributed by atoms with Crippen LogP contribution in [0.25, 0.3) is 33.1 Å². The fraction of sp³-hybridized carbons (Fsp3) is 0.310. The number of allylic oxidation sites excluding steroid dienone is 19. The molecule has 0 fully saturated rings. The molecule has 1 heteroatoms. The second-order valence-electron chi connectivity index (χ2n) is 17.3. The van der Waals surface area contributed by atoms with E-state index in [9.17, 15) is 0 Å². The molecule has 0 aromatic heterocycles. The van der Waals surface area contributed by atoms with Crippen molar-refractivity contribution in [3.05, 3.63) is 202 Å². The second-order valence-corrected chi connectivity index (χ2v) is 17.3. The largest absolute Gasteiger partial charge is 0.306 e. The summed E-state index contributed by atoms with van der Waals surface area (Å²) in [5.74, 6) is 1.34. The molecule has 1 N–H and O–H groups in total. The Balaban J connectivity index is 1.17. The molecule has 0 bridgehead atoms. The molecule has 3 aromatic carbocycles. The van der Waals surface area contributed by atoms with Crippen LogP contribution in [0.4, 0.5) is 0 Å². The van der Waals surface area contributed by atoms with Crippen molar-refractivity contribution in [1.29, 1.82) is 0 Å². The number of nitrogens with one attached hydrogen (secondary N) is 1. The Morgan fingerprint density at radius 1 is 0.814 bits per heavy atom.